The van der Waals surface area contributed by atoms with Crippen LogP contribution in [0.15, 0.2) is 0 Å². The second-order valence-corrected chi connectivity index (χ2v) is 4.18. The first-order valence-electron chi connectivity index (χ1n) is 5.70. The van der Waals surface area contributed by atoms with E-state index in [9.17, 15) is 4.79 Å². The number of hydrogen-bond donors (Lipinski definition) is 3. The van der Waals surface area contributed by atoms with Crippen molar-refractivity contribution < 1.29 is 9.90 Å². The Labute approximate surface area is 92.2 Å². The largest absolute Gasteiger partial charge is 0.396 e. The Hall–Kier alpha value is -0.610. The number of aliphatic hydroxyl groups excluding tert-OH is 1. The maximum Gasteiger partial charge on any atom is 0.220 e. The van der Waals surface area contributed by atoms with Gasteiger partial charge < -0.3 is 16.2 Å². The lowest BCUT2D eigenvalue weighted by atomic mass is 9.94. The van der Waals surface area contributed by atoms with E-state index in [1.54, 1.807) is 0 Å². The molecule has 0 aliphatic rings. The second kappa shape index (κ2) is 7.65. The van der Waals surface area contributed by atoms with Crippen molar-refractivity contribution >= 4 is 5.91 Å². The minimum atomic E-state index is -0.269. The van der Waals surface area contributed by atoms with Gasteiger partial charge in [0.25, 0.3) is 0 Å². The van der Waals surface area contributed by atoms with Crippen LogP contribution in [0.4, 0.5) is 0 Å². The Morgan fingerprint density at radius 1 is 1.47 bits per heavy atom. The molecule has 4 nitrogen and oxygen atoms in total. The molecule has 0 bridgehead atoms. The SMILES string of the molecule is CCC(C)(CCO)NC(=O)CCCCN. The van der Waals surface area contributed by atoms with E-state index in [2.05, 4.69) is 5.32 Å². The van der Waals surface area contributed by atoms with E-state index in [1.165, 1.54) is 0 Å². The predicted molar refractivity (Wildman–Crippen MR) is 61.4 cm³/mol. The average Bonchev–Trinajstić information content (AvgIpc) is 2.18. The van der Waals surface area contributed by atoms with Crippen LogP contribution in [0.3, 0.4) is 0 Å². The topological polar surface area (TPSA) is 75.3 Å². The first kappa shape index (κ1) is 14.4. The van der Waals surface area contributed by atoms with E-state index in [0.29, 0.717) is 19.4 Å². The van der Waals surface area contributed by atoms with Gasteiger partial charge in [-0.25, -0.2) is 0 Å². The van der Waals surface area contributed by atoms with Crippen LogP contribution in [0.5, 0.6) is 0 Å². The Morgan fingerprint density at radius 2 is 2.13 bits per heavy atom. The van der Waals surface area contributed by atoms with Crippen molar-refractivity contribution in [3.8, 4) is 0 Å². The summed E-state index contributed by atoms with van der Waals surface area (Å²) in [5, 5.41) is 11.9. The molecule has 0 aromatic rings. The molecular weight excluding hydrogens is 192 g/mol. The molecule has 0 spiro atoms. The Balaban J connectivity index is 3.90. The normalized spacial score (nSPS) is 14.7. The summed E-state index contributed by atoms with van der Waals surface area (Å²) < 4.78 is 0. The fourth-order valence-electron chi connectivity index (χ4n) is 1.40. The molecule has 1 amide bonds. The number of aliphatic hydroxyl groups is 1. The molecule has 0 rings (SSSR count). The predicted octanol–water partition coefficient (Wildman–Crippen LogP) is 0.783. The third-order valence-electron chi connectivity index (χ3n) is 2.74. The van der Waals surface area contributed by atoms with Crippen LogP contribution in [0.1, 0.15) is 46.0 Å². The number of carbonyl (C=O) groups is 1. The lowest BCUT2D eigenvalue weighted by Gasteiger charge is -2.29. The Kier molecular flexibility index (Phi) is 7.34. The van der Waals surface area contributed by atoms with Crippen LogP contribution >= 0.6 is 0 Å². The Bertz CT molecular complexity index is 185. The van der Waals surface area contributed by atoms with Crippen molar-refractivity contribution in [2.24, 2.45) is 5.73 Å². The first-order chi connectivity index (χ1) is 7.08. The summed E-state index contributed by atoms with van der Waals surface area (Å²) in [5.74, 6) is 0.0567. The molecule has 15 heavy (non-hydrogen) atoms. The van der Waals surface area contributed by atoms with E-state index in [-0.39, 0.29) is 18.1 Å². The fourth-order valence-corrected chi connectivity index (χ4v) is 1.40. The zero-order valence-corrected chi connectivity index (χ0v) is 9.88. The zero-order valence-electron chi connectivity index (χ0n) is 9.88. The van der Waals surface area contributed by atoms with Crippen molar-refractivity contribution in [3.63, 3.8) is 0 Å². The van der Waals surface area contributed by atoms with E-state index < -0.39 is 0 Å². The fraction of sp³-hybridized carbons (Fsp3) is 0.909. The molecule has 0 saturated carbocycles. The highest BCUT2D eigenvalue weighted by Gasteiger charge is 2.22. The van der Waals surface area contributed by atoms with Crippen LogP contribution < -0.4 is 11.1 Å². The van der Waals surface area contributed by atoms with Crippen molar-refractivity contribution in [2.45, 2.75) is 51.5 Å². The first-order valence-corrected chi connectivity index (χ1v) is 5.70. The highest BCUT2D eigenvalue weighted by atomic mass is 16.3. The molecule has 0 aromatic carbocycles. The number of nitrogens with two attached hydrogens (primary N) is 1. The number of nitrogens with one attached hydrogen (secondary N) is 1. The molecule has 4 N–H and O–H groups in total. The van der Waals surface area contributed by atoms with Gasteiger partial charge in [-0.15, -0.1) is 0 Å². The summed E-state index contributed by atoms with van der Waals surface area (Å²) in [6.07, 6.45) is 3.68. The average molecular weight is 216 g/mol. The zero-order chi connectivity index (χ0) is 11.7. The molecule has 0 heterocycles. The smallest absolute Gasteiger partial charge is 0.220 e. The van der Waals surface area contributed by atoms with Gasteiger partial charge in [-0.2, -0.15) is 0 Å². The molecule has 90 valence electrons. The molecule has 0 saturated heterocycles. The van der Waals surface area contributed by atoms with Crippen LogP contribution in [-0.4, -0.2) is 29.7 Å². The highest BCUT2D eigenvalue weighted by molar-refractivity contribution is 5.76. The van der Waals surface area contributed by atoms with E-state index in [4.69, 9.17) is 10.8 Å². The van der Waals surface area contributed by atoms with Crippen molar-refractivity contribution in [1.29, 1.82) is 0 Å². The minimum Gasteiger partial charge on any atom is -0.396 e. The van der Waals surface area contributed by atoms with Crippen LogP contribution in [0.25, 0.3) is 0 Å². The van der Waals surface area contributed by atoms with E-state index in [0.717, 1.165) is 19.3 Å². The number of unbranched alkanes of at least 4 members (excludes halogenated alkanes) is 1. The van der Waals surface area contributed by atoms with Gasteiger partial charge in [-0.1, -0.05) is 6.92 Å². The summed E-state index contributed by atoms with van der Waals surface area (Å²) in [7, 11) is 0. The van der Waals surface area contributed by atoms with Gasteiger partial charge in [0.05, 0.1) is 0 Å². The maximum absolute atomic E-state index is 11.5. The minimum absolute atomic E-state index is 0.0567. The van der Waals surface area contributed by atoms with Gasteiger partial charge in [0.15, 0.2) is 0 Å². The number of rotatable bonds is 8. The van der Waals surface area contributed by atoms with Gasteiger partial charge in [0.1, 0.15) is 0 Å². The van der Waals surface area contributed by atoms with Crippen molar-refractivity contribution in [3.05, 3.63) is 0 Å². The monoisotopic (exact) mass is 216 g/mol. The lowest BCUT2D eigenvalue weighted by Crippen LogP contribution is -2.46. The molecule has 0 aliphatic carbocycles. The van der Waals surface area contributed by atoms with Crippen LogP contribution in [-0.2, 0) is 4.79 Å². The summed E-state index contributed by atoms with van der Waals surface area (Å²) in [6, 6.07) is 0. The van der Waals surface area contributed by atoms with Crippen molar-refractivity contribution in [2.75, 3.05) is 13.2 Å². The molecule has 0 fully saturated rings. The molecule has 1 atom stereocenters. The van der Waals surface area contributed by atoms with Crippen LogP contribution in [0, 0.1) is 0 Å². The Morgan fingerprint density at radius 3 is 2.60 bits per heavy atom. The molecule has 0 radical (unpaired) electrons. The summed E-state index contributed by atoms with van der Waals surface area (Å²) in [5.41, 5.74) is 5.08. The van der Waals surface area contributed by atoms with Crippen LogP contribution in [0.2, 0.25) is 0 Å². The number of carbonyl (C=O) groups excluding carboxylic acids is 1. The number of hydrogen-bond acceptors (Lipinski definition) is 3. The van der Waals surface area contributed by atoms with E-state index >= 15 is 0 Å². The standard InChI is InChI=1S/C11H24N2O2/c1-3-11(2,7-9-14)13-10(15)6-4-5-8-12/h14H,3-9,12H2,1-2H3,(H,13,15). The molecule has 0 aliphatic heterocycles. The molecule has 1 unspecified atom stereocenters. The van der Waals surface area contributed by atoms with Gasteiger partial charge >= 0.3 is 0 Å². The number of amides is 1. The van der Waals surface area contributed by atoms with Crippen molar-refractivity contribution in [1.82, 2.24) is 5.32 Å². The molecule has 0 aromatic heterocycles. The van der Waals surface area contributed by atoms with E-state index in [1.807, 2.05) is 13.8 Å². The third-order valence-corrected chi connectivity index (χ3v) is 2.74. The highest BCUT2D eigenvalue weighted by Crippen LogP contribution is 2.14. The quantitative estimate of drug-likeness (QED) is 0.525. The third kappa shape index (κ3) is 6.47. The lowest BCUT2D eigenvalue weighted by molar-refractivity contribution is -0.123. The summed E-state index contributed by atoms with van der Waals surface area (Å²) in [4.78, 5) is 11.5. The van der Waals surface area contributed by atoms with Gasteiger partial charge in [-0.3, -0.25) is 4.79 Å². The van der Waals surface area contributed by atoms with Gasteiger partial charge in [-0.05, 0) is 39.2 Å². The van der Waals surface area contributed by atoms with Gasteiger partial charge in [0.2, 0.25) is 5.91 Å². The molecule has 4 heteroatoms. The molecular formula is C11H24N2O2. The maximum atomic E-state index is 11.5. The summed E-state index contributed by atoms with van der Waals surface area (Å²) >= 11 is 0. The summed E-state index contributed by atoms with van der Waals surface area (Å²) in [6.45, 7) is 4.71. The second-order valence-electron chi connectivity index (χ2n) is 4.18. The van der Waals surface area contributed by atoms with Gasteiger partial charge in [0, 0.05) is 18.6 Å².